The fourth-order valence-electron chi connectivity index (χ4n) is 3.74. The largest absolute Gasteiger partial charge is 0.462 e. The van der Waals surface area contributed by atoms with Gasteiger partial charge in [0.05, 0.1) is 23.4 Å². The van der Waals surface area contributed by atoms with E-state index in [1.165, 1.54) is 5.56 Å². The van der Waals surface area contributed by atoms with E-state index < -0.39 is 0 Å². The summed E-state index contributed by atoms with van der Waals surface area (Å²) < 4.78 is 5.23. The van der Waals surface area contributed by atoms with E-state index in [0.29, 0.717) is 24.7 Å². The molecule has 0 unspecified atom stereocenters. The lowest BCUT2D eigenvalue weighted by molar-refractivity contribution is 0.0500. The highest BCUT2D eigenvalue weighted by Crippen LogP contribution is 2.19. The van der Waals surface area contributed by atoms with Crippen molar-refractivity contribution in [2.75, 3.05) is 18.5 Å². The first-order chi connectivity index (χ1) is 15.6. The smallest absolute Gasteiger partial charge is 0.338 e. The number of H-pyrrole nitrogens is 1. The fourth-order valence-corrected chi connectivity index (χ4v) is 3.74. The first-order valence-corrected chi connectivity index (χ1v) is 11.0. The zero-order valence-electron chi connectivity index (χ0n) is 18.3. The predicted molar refractivity (Wildman–Crippen MR) is 124 cm³/mol. The van der Waals surface area contributed by atoms with E-state index in [9.17, 15) is 9.59 Å². The molecule has 0 aliphatic carbocycles. The fraction of sp³-hybridized carbons (Fsp3) is 0.320. The second-order valence-electron chi connectivity index (χ2n) is 7.98. The van der Waals surface area contributed by atoms with Crippen LogP contribution in [0.3, 0.4) is 0 Å². The van der Waals surface area contributed by atoms with E-state index in [1.54, 1.807) is 24.3 Å². The van der Waals surface area contributed by atoms with Crippen molar-refractivity contribution in [3.05, 3.63) is 87.3 Å². The van der Waals surface area contributed by atoms with Crippen LogP contribution >= 0.6 is 0 Å². The van der Waals surface area contributed by atoms with Crippen molar-refractivity contribution in [2.45, 2.75) is 39.3 Å². The Morgan fingerprint density at radius 2 is 1.94 bits per heavy atom. The number of carbonyl (C=O) groups is 1. The average Bonchev–Trinajstić information content (AvgIpc) is 2.81. The number of benzene rings is 2. The van der Waals surface area contributed by atoms with E-state index in [1.807, 2.05) is 25.1 Å². The molecule has 0 radical (unpaired) electrons. The van der Waals surface area contributed by atoms with E-state index in [-0.39, 0.29) is 11.5 Å². The highest BCUT2D eigenvalue weighted by atomic mass is 16.5. The molecule has 2 N–H and O–H groups in total. The van der Waals surface area contributed by atoms with Gasteiger partial charge < -0.3 is 10.1 Å². The van der Waals surface area contributed by atoms with Crippen LogP contribution in [0, 0.1) is 0 Å². The van der Waals surface area contributed by atoms with Gasteiger partial charge in [-0.2, -0.15) is 0 Å². The van der Waals surface area contributed by atoms with Gasteiger partial charge in [-0.15, -0.1) is 0 Å². The van der Waals surface area contributed by atoms with Crippen LogP contribution < -0.4 is 10.9 Å². The van der Waals surface area contributed by atoms with E-state index >= 15 is 0 Å². The monoisotopic (exact) mass is 432 g/mol. The summed E-state index contributed by atoms with van der Waals surface area (Å²) in [6, 6.07) is 17.2. The molecule has 0 amide bonds. The van der Waals surface area contributed by atoms with Crippen LogP contribution in [0.2, 0.25) is 0 Å². The summed E-state index contributed by atoms with van der Waals surface area (Å²) in [4.78, 5) is 34.5. The molecule has 166 valence electrons. The molecule has 1 aromatic heterocycles. The van der Waals surface area contributed by atoms with Crippen LogP contribution in [0.15, 0.2) is 59.4 Å². The number of rotatable bonds is 8. The number of ether oxygens (including phenoxy) is 1. The predicted octanol–water partition coefficient (Wildman–Crippen LogP) is 4.03. The zero-order chi connectivity index (χ0) is 22.3. The van der Waals surface area contributed by atoms with Crippen LogP contribution in [0.5, 0.6) is 0 Å². The average molecular weight is 433 g/mol. The molecule has 7 heteroatoms. The molecule has 0 bridgehead atoms. The minimum atomic E-state index is -0.328. The summed E-state index contributed by atoms with van der Waals surface area (Å²) in [5.74, 6) is 0.0777. The van der Waals surface area contributed by atoms with Crippen LogP contribution in [0.25, 0.3) is 0 Å². The third kappa shape index (κ3) is 5.42. The number of hydrogen-bond donors (Lipinski definition) is 2. The molecule has 0 saturated heterocycles. The summed E-state index contributed by atoms with van der Waals surface area (Å²) >= 11 is 0. The normalized spacial score (nSPS) is 13.4. The number of esters is 1. The number of aromatic nitrogens is 2. The first-order valence-electron chi connectivity index (χ1n) is 11.0. The highest BCUT2D eigenvalue weighted by Gasteiger charge is 2.21. The molecule has 0 saturated carbocycles. The SMILES string of the molecule is CCCCOC(=O)c1ccc(Nc2nc3c(c(=O)[nH]2)CN(Cc2ccccc2)CC3)cc1. The summed E-state index contributed by atoms with van der Waals surface area (Å²) in [5.41, 5.74) is 3.90. The van der Waals surface area contributed by atoms with Crippen molar-refractivity contribution in [1.29, 1.82) is 0 Å². The maximum atomic E-state index is 12.7. The first kappa shape index (κ1) is 21.8. The Morgan fingerprint density at radius 3 is 2.69 bits per heavy atom. The minimum Gasteiger partial charge on any atom is -0.462 e. The number of nitrogens with zero attached hydrogens (tertiary/aromatic N) is 2. The molecule has 2 heterocycles. The second kappa shape index (κ2) is 10.2. The van der Waals surface area contributed by atoms with Crippen molar-refractivity contribution in [3.8, 4) is 0 Å². The number of fused-ring (bicyclic) bond motifs is 1. The molecule has 4 rings (SSSR count). The van der Waals surface area contributed by atoms with Gasteiger partial charge in [-0.1, -0.05) is 43.7 Å². The lowest BCUT2D eigenvalue weighted by Crippen LogP contribution is -2.35. The Balaban J connectivity index is 1.40. The molecule has 0 fully saturated rings. The highest BCUT2D eigenvalue weighted by molar-refractivity contribution is 5.89. The van der Waals surface area contributed by atoms with Gasteiger partial charge in [-0.3, -0.25) is 14.7 Å². The number of hydrogen-bond acceptors (Lipinski definition) is 6. The van der Waals surface area contributed by atoms with Crippen LogP contribution in [-0.2, 0) is 24.2 Å². The van der Waals surface area contributed by atoms with E-state index in [0.717, 1.165) is 49.3 Å². The number of aromatic amines is 1. The quantitative estimate of drug-likeness (QED) is 0.413. The Bertz CT molecular complexity index is 1110. The molecular weight excluding hydrogens is 404 g/mol. The van der Waals surface area contributed by atoms with Gasteiger partial charge in [0.15, 0.2) is 0 Å². The third-order valence-corrected chi connectivity index (χ3v) is 5.51. The molecule has 7 nitrogen and oxygen atoms in total. The third-order valence-electron chi connectivity index (χ3n) is 5.51. The molecule has 1 aliphatic heterocycles. The second-order valence-corrected chi connectivity index (χ2v) is 7.98. The van der Waals surface area contributed by atoms with Gasteiger partial charge in [0, 0.05) is 31.7 Å². The van der Waals surface area contributed by atoms with Crippen molar-refractivity contribution in [3.63, 3.8) is 0 Å². The van der Waals surface area contributed by atoms with E-state index in [4.69, 9.17) is 4.74 Å². The van der Waals surface area contributed by atoms with Gasteiger partial charge in [0.25, 0.3) is 5.56 Å². The molecule has 32 heavy (non-hydrogen) atoms. The van der Waals surface area contributed by atoms with Gasteiger partial charge >= 0.3 is 5.97 Å². The Morgan fingerprint density at radius 1 is 1.16 bits per heavy atom. The summed E-state index contributed by atoms with van der Waals surface area (Å²) in [5, 5.41) is 3.13. The van der Waals surface area contributed by atoms with Crippen molar-refractivity contribution < 1.29 is 9.53 Å². The molecular formula is C25H28N4O3. The topological polar surface area (TPSA) is 87.3 Å². The number of unbranched alkanes of at least 4 members (excludes halogenated alkanes) is 1. The minimum absolute atomic E-state index is 0.119. The lowest BCUT2D eigenvalue weighted by atomic mass is 10.1. The van der Waals surface area contributed by atoms with Crippen LogP contribution in [0.1, 0.15) is 46.9 Å². The van der Waals surface area contributed by atoms with Gasteiger partial charge in [0.1, 0.15) is 0 Å². The van der Waals surface area contributed by atoms with Gasteiger partial charge in [-0.05, 0) is 36.2 Å². The standard InChI is InChI=1S/C25H28N4O3/c1-2-3-15-32-24(31)19-9-11-20(12-10-19)26-25-27-22-13-14-29(17-21(22)23(30)28-25)16-18-7-5-4-6-8-18/h4-12H,2-3,13-17H2,1H3,(H2,26,27,28,30). The molecule has 0 spiro atoms. The van der Waals surface area contributed by atoms with Crippen LogP contribution in [-0.4, -0.2) is 34.0 Å². The molecule has 2 aromatic carbocycles. The van der Waals surface area contributed by atoms with Crippen molar-refractivity contribution in [1.82, 2.24) is 14.9 Å². The van der Waals surface area contributed by atoms with Gasteiger partial charge in [0.2, 0.25) is 5.95 Å². The van der Waals surface area contributed by atoms with Gasteiger partial charge in [-0.25, -0.2) is 9.78 Å². The number of anilines is 2. The number of carbonyl (C=O) groups excluding carboxylic acids is 1. The van der Waals surface area contributed by atoms with Crippen molar-refractivity contribution >= 4 is 17.6 Å². The summed E-state index contributed by atoms with van der Waals surface area (Å²) in [6.07, 6.45) is 2.56. The molecule has 1 aliphatic rings. The van der Waals surface area contributed by atoms with E-state index in [2.05, 4.69) is 32.3 Å². The molecule has 0 atom stereocenters. The maximum absolute atomic E-state index is 12.7. The number of nitrogens with one attached hydrogen (secondary N) is 2. The Kier molecular flexibility index (Phi) is 6.97. The summed E-state index contributed by atoms with van der Waals surface area (Å²) in [7, 11) is 0. The maximum Gasteiger partial charge on any atom is 0.338 e. The lowest BCUT2D eigenvalue weighted by Gasteiger charge is -2.27. The molecule has 3 aromatic rings. The Labute approximate surface area is 187 Å². The Hall–Kier alpha value is -3.45. The van der Waals surface area contributed by atoms with Crippen LogP contribution in [0.4, 0.5) is 11.6 Å². The summed E-state index contributed by atoms with van der Waals surface area (Å²) in [6.45, 7) is 4.73. The zero-order valence-corrected chi connectivity index (χ0v) is 18.3. The van der Waals surface area contributed by atoms with Crippen molar-refractivity contribution in [2.24, 2.45) is 0 Å².